The first kappa shape index (κ1) is 10.8. The zero-order valence-electron chi connectivity index (χ0n) is 7.92. The number of thioether (sulfide) groups is 2. The van der Waals surface area contributed by atoms with Crippen LogP contribution in [0.5, 0.6) is 0 Å². The van der Waals surface area contributed by atoms with Gasteiger partial charge in [0.2, 0.25) is 0 Å². The lowest BCUT2D eigenvalue weighted by Crippen LogP contribution is -2.11. The first-order valence-electron chi connectivity index (χ1n) is 4.52. The Balaban J connectivity index is 2.11. The molecule has 0 amide bonds. The highest BCUT2D eigenvalue weighted by Crippen LogP contribution is 2.34. The second kappa shape index (κ2) is 4.85. The normalized spacial score (nSPS) is 21.2. The van der Waals surface area contributed by atoms with Crippen molar-refractivity contribution < 1.29 is 9.90 Å². The van der Waals surface area contributed by atoms with Gasteiger partial charge in [-0.2, -0.15) is 11.8 Å². The highest BCUT2D eigenvalue weighted by molar-refractivity contribution is 8.06. The fourth-order valence-electron chi connectivity index (χ4n) is 1.25. The van der Waals surface area contributed by atoms with Gasteiger partial charge < -0.3 is 5.11 Å². The largest absolute Gasteiger partial charge is 0.478 e. The molecule has 0 bridgehead atoms. The topological polar surface area (TPSA) is 63.1 Å². The van der Waals surface area contributed by atoms with Gasteiger partial charge in [0.1, 0.15) is 5.82 Å². The molecule has 1 aromatic rings. The Morgan fingerprint density at radius 1 is 1.40 bits per heavy atom. The summed E-state index contributed by atoms with van der Waals surface area (Å²) in [6.45, 7) is 0. The molecule has 6 heteroatoms. The molecule has 1 unspecified atom stereocenters. The lowest BCUT2D eigenvalue weighted by Gasteiger charge is -2.19. The molecule has 2 heterocycles. The number of carboxylic acid groups (broad SMARTS) is 1. The predicted molar refractivity (Wildman–Crippen MR) is 61.5 cm³/mol. The van der Waals surface area contributed by atoms with Gasteiger partial charge in [-0.3, -0.25) is 0 Å². The molecule has 2 rings (SSSR count). The number of carboxylic acids is 1. The van der Waals surface area contributed by atoms with Crippen LogP contribution in [-0.4, -0.2) is 38.3 Å². The summed E-state index contributed by atoms with van der Waals surface area (Å²) in [6, 6.07) is 0. The Morgan fingerprint density at radius 2 is 2.13 bits per heavy atom. The maximum atomic E-state index is 10.6. The summed E-state index contributed by atoms with van der Waals surface area (Å²) >= 11 is 3.73. The lowest BCUT2D eigenvalue weighted by molar-refractivity contribution is 0.0696. The van der Waals surface area contributed by atoms with Gasteiger partial charge in [0.05, 0.1) is 10.8 Å². The summed E-state index contributed by atoms with van der Waals surface area (Å²) in [7, 11) is 0. The van der Waals surface area contributed by atoms with E-state index in [9.17, 15) is 4.79 Å². The van der Waals surface area contributed by atoms with Gasteiger partial charge in [0.15, 0.2) is 0 Å². The number of rotatable bonds is 2. The van der Waals surface area contributed by atoms with E-state index in [0.29, 0.717) is 5.25 Å². The van der Waals surface area contributed by atoms with E-state index < -0.39 is 5.97 Å². The summed E-state index contributed by atoms with van der Waals surface area (Å²) in [5.74, 6) is 3.06. The predicted octanol–water partition coefficient (Wildman–Crippen LogP) is 1.70. The molecule has 1 saturated heterocycles. The first-order valence-corrected chi connectivity index (χ1v) is 6.72. The first-order chi connectivity index (χ1) is 7.27. The average molecular weight is 242 g/mol. The maximum absolute atomic E-state index is 10.6. The van der Waals surface area contributed by atoms with Crippen molar-refractivity contribution in [1.29, 1.82) is 0 Å². The standard InChI is InChI=1S/C9H10N2O2S2/c12-9(13)6-3-10-8(11-4-6)7-5-14-1-2-15-7/h3-4,7H,1-2,5H2,(H,12,13). The molecule has 0 spiro atoms. The molecule has 1 aliphatic heterocycles. The molecule has 1 aromatic heterocycles. The van der Waals surface area contributed by atoms with Crippen LogP contribution in [-0.2, 0) is 0 Å². The van der Waals surface area contributed by atoms with E-state index in [1.807, 2.05) is 23.5 Å². The van der Waals surface area contributed by atoms with Gasteiger partial charge in [-0.1, -0.05) is 0 Å². The summed E-state index contributed by atoms with van der Waals surface area (Å²) in [5.41, 5.74) is 0.146. The smallest absolute Gasteiger partial charge is 0.338 e. The summed E-state index contributed by atoms with van der Waals surface area (Å²) in [4.78, 5) is 18.8. The third kappa shape index (κ3) is 2.63. The SMILES string of the molecule is O=C(O)c1cnc(C2CSCCS2)nc1. The Hall–Kier alpha value is -0.750. The average Bonchev–Trinajstić information content (AvgIpc) is 2.30. The van der Waals surface area contributed by atoms with Crippen LogP contribution in [0, 0.1) is 0 Å². The third-order valence-electron chi connectivity index (χ3n) is 2.02. The van der Waals surface area contributed by atoms with E-state index in [2.05, 4.69) is 9.97 Å². The molecular formula is C9H10N2O2S2. The monoisotopic (exact) mass is 242 g/mol. The van der Waals surface area contributed by atoms with Crippen molar-refractivity contribution in [3.05, 3.63) is 23.8 Å². The minimum absolute atomic E-state index is 0.146. The highest BCUT2D eigenvalue weighted by atomic mass is 32.2. The molecule has 1 N–H and O–H groups in total. The number of nitrogens with zero attached hydrogens (tertiary/aromatic N) is 2. The molecule has 1 atom stereocenters. The van der Waals surface area contributed by atoms with Gasteiger partial charge in [-0.25, -0.2) is 14.8 Å². The number of aromatic nitrogens is 2. The van der Waals surface area contributed by atoms with Crippen LogP contribution < -0.4 is 0 Å². The van der Waals surface area contributed by atoms with Crippen LogP contribution in [0.25, 0.3) is 0 Å². The van der Waals surface area contributed by atoms with Crippen LogP contribution in [0.2, 0.25) is 0 Å². The molecule has 80 valence electrons. The van der Waals surface area contributed by atoms with Crippen LogP contribution in [0.15, 0.2) is 12.4 Å². The maximum Gasteiger partial charge on any atom is 0.338 e. The molecule has 1 aliphatic rings. The van der Waals surface area contributed by atoms with Crippen molar-refractivity contribution in [2.24, 2.45) is 0 Å². The van der Waals surface area contributed by atoms with E-state index in [1.54, 1.807) is 0 Å². The Morgan fingerprint density at radius 3 is 2.67 bits per heavy atom. The number of carbonyl (C=O) groups is 1. The minimum atomic E-state index is -0.979. The van der Waals surface area contributed by atoms with E-state index >= 15 is 0 Å². The molecule has 0 radical (unpaired) electrons. The van der Waals surface area contributed by atoms with Gasteiger partial charge in [-0.05, 0) is 0 Å². The molecule has 0 saturated carbocycles. The van der Waals surface area contributed by atoms with E-state index in [4.69, 9.17) is 5.11 Å². The second-order valence-electron chi connectivity index (χ2n) is 3.07. The molecular weight excluding hydrogens is 232 g/mol. The quantitative estimate of drug-likeness (QED) is 0.851. The fourth-order valence-corrected chi connectivity index (χ4v) is 3.87. The van der Waals surface area contributed by atoms with E-state index in [-0.39, 0.29) is 5.56 Å². The van der Waals surface area contributed by atoms with Crippen LogP contribution in [0.1, 0.15) is 21.4 Å². The van der Waals surface area contributed by atoms with Crippen LogP contribution >= 0.6 is 23.5 Å². The van der Waals surface area contributed by atoms with Crippen molar-refractivity contribution in [2.45, 2.75) is 5.25 Å². The Labute approximate surface area is 95.9 Å². The van der Waals surface area contributed by atoms with Crippen LogP contribution in [0.4, 0.5) is 0 Å². The summed E-state index contributed by atoms with van der Waals surface area (Å²) < 4.78 is 0. The van der Waals surface area contributed by atoms with Crippen molar-refractivity contribution in [3.63, 3.8) is 0 Å². The second-order valence-corrected chi connectivity index (χ2v) is 5.53. The van der Waals surface area contributed by atoms with Gasteiger partial charge >= 0.3 is 5.97 Å². The fraction of sp³-hybridized carbons (Fsp3) is 0.444. The van der Waals surface area contributed by atoms with Crippen LogP contribution in [0.3, 0.4) is 0 Å². The van der Waals surface area contributed by atoms with E-state index in [0.717, 1.165) is 17.3 Å². The third-order valence-corrected chi connectivity index (χ3v) is 4.77. The lowest BCUT2D eigenvalue weighted by atomic mass is 10.3. The molecule has 15 heavy (non-hydrogen) atoms. The van der Waals surface area contributed by atoms with Crippen molar-refractivity contribution in [3.8, 4) is 0 Å². The van der Waals surface area contributed by atoms with Gasteiger partial charge in [0, 0.05) is 29.7 Å². The molecule has 0 aromatic carbocycles. The minimum Gasteiger partial charge on any atom is -0.478 e. The molecule has 0 aliphatic carbocycles. The van der Waals surface area contributed by atoms with Crippen molar-refractivity contribution in [1.82, 2.24) is 9.97 Å². The highest BCUT2D eigenvalue weighted by Gasteiger charge is 2.19. The number of hydrogen-bond acceptors (Lipinski definition) is 5. The zero-order chi connectivity index (χ0) is 10.7. The Kier molecular flexibility index (Phi) is 3.48. The van der Waals surface area contributed by atoms with Gasteiger partial charge in [0.25, 0.3) is 0 Å². The molecule has 4 nitrogen and oxygen atoms in total. The Bertz CT molecular complexity index is 350. The van der Waals surface area contributed by atoms with E-state index in [1.165, 1.54) is 18.1 Å². The van der Waals surface area contributed by atoms with Crippen molar-refractivity contribution >= 4 is 29.5 Å². The summed E-state index contributed by atoms with van der Waals surface area (Å²) in [5, 5.41) is 9.01. The number of hydrogen-bond donors (Lipinski definition) is 1. The van der Waals surface area contributed by atoms with Gasteiger partial charge in [-0.15, -0.1) is 11.8 Å². The van der Waals surface area contributed by atoms with Crippen molar-refractivity contribution in [2.75, 3.05) is 17.3 Å². The zero-order valence-corrected chi connectivity index (χ0v) is 9.55. The number of aromatic carboxylic acids is 1. The summed E-state index contributed by atoms with van der Waals surface area (Å²) in [6.07, 6.45) is 2.76. The molecule has 1 fully saturated rings.